The summed E-state index contributed by atoms with van der Waals surface area (Å²) in [7, 11) is 0. The first kappa shape index (κ1) is 17.6. The number of carbonyl (C=O) groups is 2. The van der Waals surface area contributed by atoms with Crippen molar-refractivity contribution in [2.24, 2.45) is 17.8 Å². The van der Waals surface area contributed by atoms with Crippen LogP contribution in [0, 0.1) is 17.8 Å². The second-order valence-corrected chi connectivity index (χ2v) is 8.06. The van der Waals surface area contributed by atoms with E-state index in [0.717, 1.165) is 5.13 Å². The maximum absolute atomic E-state index is 13.7. The molecule has 0 radical (unpaired) electrons. The summed E-state index contributed by atoms with van der Waals surface area (Å²) in [6.45, 7) is 4.22. The molecule has 0 spiro atoms. The number of esters is 1. The van der Waals surface area contributed by atoms with Crippen molar-refractivity contribution in [3.05, 3.63) is 11.1 Å². The van der Waals surface area contributed by atoms with Gasteiger partial charge in [-0.25, -0.2) is 18.6 Å². The van der Waals surface area contributed by atoms with Crippen LogP contribution >= 0.6 is 11.3 Å². The van der Waals surface area contributed by atoms with Crippen LogP contribution in [0.5, 0.6) is 0 Å². The van der Waals surface area contributed by atoms with Gasteiger partial charge in [-0.1, -0.05) is 11.3 Å². The smallest absolute Gasteiger partial charge is 0.350 e. The number of piperazine rings is 1. The van der Waals surface area contributed by atoms with Crippen LogP contribution in [-0.2, 0) is 9.53 Å². The van der Waals surface area contributed by atoms with Gasteiger partial charge in [0.2, 0.25) is 5.91 Å². The molecule has 2 heterocycles. The summed E-state index contributed by atoms with van der Waals surface area (Å²) in [4.78, 5) is 32.7. The van der Waals surface area contributed by atoms with Gasteiger partial charge < -0.3 is 14.5 Å². The fourth-order valence-corrected chi connectivity index (χ4v) is 5.07. The summed E-state index contributed by atoms with van der Waals surface area (Å²) in [5.74, 6) is -4.52. The summed E-state index contributed by atoms with van der Waals surface area (Å²) in [5, 5.41) is 0.718. The van der Waals surface area contributed by atoms with E-state index in [2.05, 4.69) is 4.98 Å². The topological polar surface area (TPSA) is 62.7 Å². The molecule has 142 valence electrons. The van der Waals surface area contributed by atoms with Crippen molar-refractivity contribution in [3.8, 4) is 0 Å². The zero-order chi connectivity index (χ0) is 18.5. The maximum Gasteiger partial charge on any atom is 0.350 e. The molecule has 0 aromatic carbocycles. The predicted octanol–water partition coefficient (Wildman–Crippen LogP) is 2.26. The van der Waals surface area contributed by atoms with E-state index in [0.29, 0.717) is 44.1 Å². The Hall–Kier alpha value is -1.77. The van der Waals surface area contributed by atoms with Gasteiger partial charge in [-0.15, -0.1) is 0 Å². The number of rotatable bonds is 4. The number of hydrogen-bond donors (Lipinski definition) is 0. The zero-order valence-electron chi connectivity index (χ0n) is 14.5. The molecule has 1 aromatic rings. The number of anilines is 1. The largest absolute Gasteiger partial charge is 0.462 e. The average molecular weight is 385 g/mol. The number of halogens is 2. The van der Waals surface area contributed by atoms with Gasteiger partial charge >= 0.3 is 5.97 Å². The Labute approximate surface area is 154 Å². The van der Waals surface area contributed by atoms with Crippen molar-refractivity contribution in [3.63, 3.8) is 0 Å². The fraction of sp³-hybridized carbons (Fsp3) is 0.706. The minimum absolute atomic E-state index is 0.0766. The minimum Gasteiger partial charge on any atom is -0.462 e. The molecule has 26 heavy (non-hydrogen) atoms. The van der Waals surface area contributed by atoms with Crippen molar-refractivity contribution < 1.29 is 23.1 Å². The van der Waals surface area contributed by atoms with Crippen LogP contribution in [0.4, 0.5) is 13.9 Å². The number of amides is 1. The molecule has 1 saturated heterocycles. The molecule has 3 aliphatic rings. The molecule has 2 saturated carbocycles. The van der Waals surface area contributed by atoms with Crippen molar-refractivity contribution in [1.82, 2.24) is 9.88 Å². The molecule has 2 aliphatic carbocycles. The molecule has 6 nitrogen and oxygen atoms in total. The van der Waals surface area contributed by atoms with Crippen LogP contribution < -0.4 is 4.90 Å². The molecule has 0 bridgehead atoms. The zero-order valence-corrected chi connectivity index (χ0v) is 15.3. The first-order chi connectivity index (χ1) is 12.4. The molecule has 1 aromatic heterocycles. The molecule has 4 rings (SSSR count). The molecular formula is C17H21F2N3O3S. The summed E-state index contributed by atoms with van der Waals surface area (Å²) in [6, 6.07) is 0. The van der Waals surface area contributed by atoms with Crippen LogP contribution in [0.3, 0.4) is 0 Å². The maximum atomic E-state index is 13.7. The van der Waals surface area contributed by atoms with E-state index in [4.69, 9.17) is 4.74 Å². The third-order valence-electron chi connectivity index (χ3n) is 5.58. The molecule has 3 fully saturated rings. The quantitative estimate of drug-likeness (QED) is 0.744. The minimum atomic E-state index is -2.67. The third-order valence-corrected chi connectivity index (χ3v) is 6.62. The first-order valence-electron chi connectivity index (χ1n) is 8.97. The molecule has 3 atom stereocenters. The van der Waals surface area contributed by atoms with Crippen molar-refractivity contribution in [2.75, 3.05) is 37.7 Å². The number of thiazole rings is 1. The highest BCUT2D eigenvalue weighted by Crippen LogP contribution is 2.64. The highest BCUT2D eigenvalue weighted by Gasteiger charge is 2.70. The standard InChI is InChI=1S/C17H21F2N3O3S/c1-2-25-15(24)11-9-20-16(26-11)22-7-5-21(6-8-22)14(23)12-10-3-4-17(18,19)13(10)12/h9-10,12-13H,2-8H2,1H3/t10-,12+,13-/m0/s1. The normalized spacial score (nSPS) is 29.4. The number of hydrogen-bond acceptors (Lipinski definition) is 6. The molecule has 9 heteroatoms. The lowest BCUT2D eigenvalue weighted by Gasteiger charge is -2.35. The van der Waals surface area contributed by atoms with Crippen molar-refractivity contribution >= 4 is 28.3 Å². The summed E-state index contributed by atoms with van der Waals surface area (Å²) < 4.78 is 32.4. The van der Waals surface area contributed by atoms with E-state index < -0.39 is 17.8 Å². The summed E-state index contributed by atoms with van der Waals surface area (Å²) >= 11 is 1.27. The Morgan fingerprint density at radius 2 is 2.08 bits per heavy atom. The highest BCUT2D eigenvalue weighted by atomic mass is 32.1. The predicted molar refractivity (Wildman–Crippen MR) is 91.5 cm³/mol. The number of alkyl halides is 2. The molecule has 0 N–H and O–H groups in total. The molecular weight excluding hydrogens is 364 g/mol. The number of nitrogens with zero attached hydrogens (tertiary/aromatic N) is 3. The van der Waals surface area contributed by atoms with Gasteiger partial charge in [0.1, 0.15) is 4.88 Å². The van der Waals surface area contributed by atoms with E-state index in [-0.39, 0.29) is 24.2 Å². The monoisotopic (exact) mass is 385 g/mol. The fourth-order valence-electron chi connectivity index (χ4n) is 4.21. The Kier molecular flexibility index (Phi) is 4.37. The Morgan fingerprint density at radius 1 is 1.35 bits per heavy atom. The highest BCUT2D eigenvalue weighted by molar-refractivity contribution is 7.17. The Balaban J connectivity index is 1.32. The van der Waals surface area contributed by atoms with E-state index in [1.54, 1.807) is 11.8 Å². The van der Waals surface area contributed by atoms with E-state index in [9.17, 15) is 18.4 Å². The van der Waals surface area contributed by atoms with Crippen LogP contribution in [0.15, 0.2) is 6.20 Å². The number of carbonyl (C=O) groups excluding carboxylic acids is 2. The average Bonchev–Trinajstić information content (AvgIpc) is 3.00. The lowest BCUT2D eigenvalue weighted by Crippen LogP contribution is -2.49. The van der Waals surface area contributed by atoms with Gasteiger partial charge in [-0.3, -0.25) is 4.79 Å². The molecule has 0 unspecified atom stereocenters. The van der Waals surface area contributed by atoms with Crippen molar-refractivity contribution in [2.45, 2.75) is 25.7 Å². The van der Waals surface area contributed by atoms with Gasteiger partial charge in [-0.2, -0.15) is 0 Å². The van der Waals surface area contributed by atoms with Crippen LogP contribution in [0.25, 0.3) is 0 Å². The van der Waals surface area contributed by atoms with Crippen LogP contribution in [-0.4, -0.2) is 60.5 Å². The van der Waals surface area contributed by atoms with Gasteiger partial charge in [0.05, 0.1) is 18.7 Å². The van der Waals surface area contributed by atoms with Crippen LogP contribution in [0.2, 0.25) is 0 Å². The molecule has 1 aliphatic heterocycles. The van der Waals surface area contributed by atoms with E-state index >= 15 is 0 Å². The second-order valence-electron chi connectivity index (χ2n) is 7.06. The number of ether oxygens (including phenoxy) is 1. The van der Waals surface area contributed by atoms with Gasteiger partial charge in [0, 0.05) is 38.5 Å². The second kappa shape index (κ2) is 6.44. The lowest BCUT2D eigenvalue weighted by molar-refractivity contribution is -0.135. The Morgan fingerprint density at radius 3 is 2.69 bits per heavy atom. The number of fused-ring (bicyclic) bond motifs is 1. The summed E-state index contributed by atoms with van der Waals surface area (Å²) in [5.41, 5.74) is 0. The first-order valence-corrected chi connectivity index (χ1v) is 9.78. The number of aromatic nitrogens is 1. The SMILES string of the molecule is CCOC(=O)c1cnc(N2CCN(C(=O)[C@@H]3[C@@H]4CCC(F)(F)[C@@H]43)CC2)s1. The Bertz CT molecular complexity index is 718. The van der Waals surface area contributed by atoms with Gasteiger partial charge in [0.25, 0.3) is 5.92 Å². The van der Waals surface area contributed by atoms with Crippen LogP contribution in [0.1, 0.15) is 29.4 Å². The van der Waals surface area contributed by atoms with E-state index in [1.807, 2.05) is 4.90 Å². The van der Waals surface area contributed by atoms with E-state index in [1.165, 1.54) is 17.5 Å². The lowest BCUT2D eigenvalue weighted by atomic mass is 10.1. The third kappa shape index (κ3) is 2.95. The van der Waals surface area contributed by atoms with Gasteiger partial charge in [0.15, 0.2) is 5.13 Å². The van der Waals surface area contributed by atoms with Crippen molar-refractivity contribution in [1.29, 1.82) is 0 Å². The van der Waals surface area contributed by atoms with Gasteiger partial charge in [-0.05, 0) is 19.3 Å². The summed E-state index contributed by atoms with van der Waals surface area (Å²) in [6.07, 6.45) is 1.89. The molecule has 1 amide bonds.